The summed E-state index contributed by atoms with van der Waals surface area (Å²) < 4.78 is 21.9. The lowest BCUT2D eigenvalue weighted by atomic mass is 10.4. The third-order valence-corrected chi connectivity index (χ3v) is 1.72. The van der Waals surface area contributed by atoms with Crippen molar-refractivity contribution in [3.05, 3.63) is 0 Å². The SMILES string of the molecule is CO[C@@H]([18F])C(=O)N1CCOCC1. The van der Waals surface area contributed by atoms with Gasteiger partial charge in [-0.1, -0.05) is 0 Å². The van der Waals surface area contributed by atoms with Crippen molar-refractivity contribution in [3.63, 3.8) is 0 Å². The van der Waals surface area contributed by atoms with Crippen LogP contribution < -0.4 is 0 Å². The zero-order chi connectivity index (χ0) is 8.97. The van der Waals surface area contributed by atoms with E-state index in [0.29, 0.717) is 26.3 Å². The molecule has 5 heteroatoms. The van der Waals surface area contributed by atoms with Crippen LogP contribution in [0.5, 0.6) is 0 Å². The van der Waals surface area contributed by atoms with Crippen molar-refractivity contribution < 1.29 is 18.7 Å². The Hall–Kier alpha value is -0.680. The van der Waals surface area contributed by atoms with Crippen LogP contribution in [0.2, 0.25) is 0 Å². The van der Waals surface area contributed by atoms with Crippen LogP contribution in [0.1, 0.15) is 0 Å². The van der Waals surface area contributed by atoms with Crippen molar-refractivity contribution in [2.75, 3.05) is 33.4 Å². The predicted octanol–water partition coefficient (Wildman–Crippen LogP) is -0.213. The molecule has 0 aromatic heterocycles. The van der Waals surface area contributed by atoms with Crippen molar-refractivity contribution in [3.8, 4) is 0 Å². The molecule has 0 aromatic carbocycles. The number of rotatable bonds is 2. The average molecular weight is 176 g/mol. The second kappa shape index (κ2) is 4.37. The van der Waals surface area contributed by atoms with Crippen molar-refractivity contribution >= 4 is 5.91 Å². The number of methoxy groups -OCH3 is 1. The highest BCUT2D eigenvalue weighted by Crippen LogP contribution is 2.03. The van der Waals surface area contributed by atoms with E-state index in [1.807, 2.05) is 0 Å². The minimum absolute atomic E-state index is 0.447. The van der Waals surface area contributed by atoms with Gasteiger partial charge in [-0.2, -0.15) is 0 Å². The summed E-state index contributed by atoms with van der Waals surface area (Å²) in [6, 6.07) is 0. The fraction of sp³-hybridized carbons (Fsp3) is 0.857. The van der Waals surface area contributed by atoms with Gasteiger partial charge in [-0.3, -0.25) is 4.79 Å². The molecule has 70 valence electrons. The fourth-order valence-electron chi connectivity index (χ4n) is 1.03. The zero-order valence-corrected chi connectivity index (χ0v) is 6.96. The minimum atomic E-state index is -1.83. The molecule has 1 heterocycles. The second-order valence-electron chi connectivity index (χ2n) is 2.49. The molecule has 0 saturated carbocycles. The van der Waals surface area contributed by atoms with Crippen LogP contribution in [0.25, 0.3) is 0 Å². The lowest BCUT2D eigenvalue weighted by Gasteiger charge is -2.27. The molecule has 4 nitrogen and oxygen atoms in total. The maximum Gasteiger partial charge on any atom is 0.284 e. The Kier molecular flexibility index (Phi) is 3.43. The molecule has 12 heavy (non-hydrogen) atoms. The Morgan fingerprint density at radius 3 is 2.67 bits per heavy atom. The van der Waals surface area contributed by atoms with Gasteiger partial charge in [0.2, 0.25) is 0 Å². The van der Waals surface area contributed by atoms with E-state index in [-0.39, 0.29) is 0 Å². The van der Waals surface area contributed by atoms with Crippen LogP contribution in [0.15, 0.2) is 0 Å². The first-order valence-electron chi connectivity index (χ1n) is 3.79. The van der Waals surface area contributed by atoms with Crippen LogP contribution in [-0.4, -0.2) is 50.6 Å². The molecule has 0 aliphatic carbocycles. The molecule has 1 saturated heterocycles. The quantitative estimate of drug-likeness (QED) is 0.584. The van der Waals surface area contributed by atoms with Gasteiger partial charge in [-0.05, 0) is 0 Å². The van der Waals surface area contributed by atoms with E-state index in [9.17, 15) is 9.18 Å². The topological polar surface area (TPSA) is 38.8 Å². The Morgan fingerprint density at radius 1 is 1.58 bits per heavy atom. The van der Waals surface area contributed by atoms with E-state index in [1.54, 1.807) is 0 Å². The van der Waals surface area contributed by atoms with Gasteiger partial charge >= 0.3 is 0 Å². The zero-order valence-electron chi connectivity index (χ0n) is 6.96. The molecule has 0 unspecified atom stereocenters. The van der Waals surface area contributed by atoms with Gasteiger partial charge in [0.25, 0.3) is 12.3 Å². The summed E-state index contributed by atoms with van der Waals surface area (Å²) in [5.74, 6) is -0.610. The van der Waals surface area contributed by atoms with Crippen LogP contribution in [0.3, 0.4) is 0 Å². The number of halogens is 1. The van der Waals surface area contributed by atoms with E-state index in [2.05, 4.69) is 4.74 Å². The molecule has 0 spiro atoms. The molecule has 1 rings (SSSR count). The molecule has 0 bridgehead atoms. The van der Waals surface area contributed by atoms with Crippen LogP contribution in [0, 0.1) is 0 Å². The normalized spacial score (nSPS) is 20.7. The number of hydrogen-bond acceptors (Lipinski definition) is 3. The second-order valence-corrected chi connectivity index (χ2v) is 2.49. The maximum atomic E-state index is 12.7. The molecular formula is C7H12FNO3. The summed E-state index contributed by atoms with van der Waals surface area (Å²) in [6.45, 7) is 1.84. The van der Waals surface area contributed by atoms with Crippen molar-refractivity contribution in [1.29, 1.82) is 0 Å². The average Bonchev–Trinajstić information content (AvgIpc) is 2.17. The smallest absolute Gasteiger partial charge is 0.284 e. The maximum absolute atomic E-state index is 12.7. The van der Waals surface area contributed by atoms with E-state index in [4.69, 9.17) is 4.74 Å². The van der Waals surface area contributed by atoms with Crippen LogP contribution in [-0.2, 0) is 14.3 Å². The lowest BCUT2D eigenvalue weighted by molar-refractivity contribution is -0.156. The molecule has 1 atom stereocenters. The van der Waals surface area contributed by atoms with E-state index in [0.717, 1.165) is 0 Å². The monoisotopic (exact) mass is 176 g/mol. The minimum Gasteiger partial charge on any atom is -0.378 e. The molecule has 1 aliphatic rings. The molecule has 1 aliphatic heterocycles. The van der Waals surface area contributed by atoms with E-state index >= 15 is 0 Å². The molecular weight excluding hydrogens is 164 g/mol. The summed E-state index contributed by atoms with van der Waals surface area (Å²) >= 11 is 0. The number of hydrogen-bond donors (Lipinski definition) is 0. The van der Waals surface area contributed by atoms with Crippen LogP contribution >= 0.6 is 0 Å². The number of carbonyl (C=O) groups is 1. The first kappa shape index (κ1) is 9.41. The number of amides is 1. The highest BCUT2D eigenvalue weighted by molar-refractivity contribution is 5.79. The number of alkyl halides is 1. The van der Waals surface area contributed by atoms with Gasteiger partial charge in [0.15, 0.2) is 0 Å². The number of nitrogens with zero attached hydrogens (tertiary/aromatic N) is 1. The van der Waals surface area contributed by atoms with Gasteiger partial charge in [-0.15, -0.1) is 0 Å². The summed E-state index contributed by atoms with van der Waals surface area (Å²) in [4.78, 5) is 12.5. The first-order valence-corrected chi connectivity index (χ1v) is 3.79. The van der Waals surface area contributed by atoms with Crippen LogP contribution in [0.4, 0.5) is 4.39 Å². The molecule has 0 aromatic rings. The summed E-state index contributed by atoms with van der Waals surface area (Å²) in [5, 5.41) is 0. The fourth-order valence-corrected chi connectivity index (χ4v) is 1.03. The standard InChI is InChI=1S/C7H12FNO3/c1-11-6(8)7(10)9-2-4-12-5-3-9/h6H,2-5H2,1H3/t6-/m1/s1/i8-1. The molecule has 1 fully saturated rings. The van der Waals surface area contributed by atoms with Crippen molar-refractivity contribution in [2.45, 2.75) is 6.36 Å². The summed E-state index contributed by atoms with van der Waals surface area (Å²) in [7, 11) is 1.17. The highest BCUT2D eigenvalue weighted by Gasteiger charge is 2.24. The van der Waals surface area contributed by atoms with E-state index < -0.39 is 12.3 Å². The lowest BCUT2D eigenvalue weighted by Crippen LogP contribution is -2.44. The van der Waals surface area contributed by atoms with Gasteiger partial charge in [0, 0.05) is 20.2 Å². The Morgan fingerprint density at radius 2 is 2.17 bits per heavy atom. The molecule has 1 amide bonds. The summed E-state index contributed by atoms with van der Waals surface area (Å²) in [6.07, 6.45) is -1.83. The Bertz CT molecular complexity index is 159. The Balaban J connectivity index is 2.39. The predicted molar refractivity (Wildman–Crippen MR) is 39.3 cm³/mol. The molecule has 0 radical (unpaired) electrons. The number of ether oxygens (including phenoxy) is 2. The van der Waals surface area contributed by atoms with Gasteiger partial charge < -0.3 is 14.4 Å². The first-order chi connectivity index (χ1) is 5.75. The van der Waals surface area contributed by atoms with Crippen molar-refractivity contribution in [1.82, 2.24) is 4.90 Å². The third kappa shape index (κ3) is 2.15. The van der Waals surface area contributed by atoms with Gasteiger partial charge in [0.1, 0.15) is 0 Å². The number of morpholine rings is 1. The molecule has 0 N–H and O–H groups in total. The Labute approximate surface area is 70.2 Å². The highest BCUT2D eigenvalue weighted by atomic mass is 18.2. The van der Waals surface area contributed by atoms with Gasteiger partial charge in [0.05, 0.1) is 13.2 Å². The van der Waals surface area contributed by atoms with Crippen molar-refractivity contribution in [2.24, 2.45) is 0 Å². The van der Waals surface area contributed by atoms with E-state index in [1.165, 1.54) is 12.0 Å². The third-order valence-electron chi connectivity index (χ3n) is 1.72. The summed E-state index contributed by atoms with van der Waals surface area (Å²) in [5.41, 5.74) is 0. The number of carbonyl (C=O) groups excluding carboxylic acids is 1. The largest absolute Gasteiger partial charge is 0.378 e. The van der Waals surface area contributed by atoms with Gasteiger partial charge in [-0.25, -0.2) is 4.39 Å².